The van der Waals surface area contributed by atoms with Crippen molar-refractivity contribution in [2.24, 2.45) is 21.7 Å². The summed E-state index contributed by atoms with van der Waals surface area (Å²) in [5.74, 6) is 0.449. The van der Waals surface area contributed by atoms with Crippen molar-refractivity contribution in [3.63, 3.8) is 0 Å². The van der Waals surface area contributed by atoms with Gasteiger partial charge in [-0.05, 0) is 31.4 Å². The Morgan fingerprint density at radius 1 is 1.17 bits per heavy atom. The van der Waals surface area contributed by atoms with Gasteiger partial charge in [0.2, 0.25) is 5.90 Å². The molecule has 4 atom stereocenters. The van der Waals surface area contributed by atoms with Crippen molar-refractivity contribution in [3.05, 3.63) is 30.3 Å². The Hall–Kier alpha value is -2.08. The average Bonchev–Trinajstić information content (AvgIpc) is 3.37. The van der Waals surface area contributed by atoms with E-state index in [0.717, 1.165) is 12.1 Å². The molecule has 1 aromatic carbocycles. The van der Waals surface area contributed by atoms with E-state index in [9.17, 15) is 4.79 Å². The Balaban J connectivity index is 1.59. The monoisotopic (exact) mass is 400 g/mol. The lowest BCUT2D eigenvalue weighted by Crippen LogP contribution is -2.60. The van der Waals surface area contributed by atoms with Crippen LogP contribution >= 0.6 is 0 Å². The number of nitrogens with one attached hydrogen (secondary N) is 1. The van der Waals surface area contributed by atoms with Gasteiger partial charge >= 0.3 is 5.97 Å². The quantitative estimate of drug-likeness (QED) is 0.764. The molecule has 2 spiro atoms. The molecular formula is C23H32N2O4. The van der Waals surface area contributed by atoms with Crippen LogP contribution in [0, 0.1) is 16.7 Å². The van der Waals surface area contributed by atoms with Crippen molar-refractivity contribution in [2.45, 2.75) is 51.2 Å². The molecule has 0 aromatic heterocycles. The topological polar surface area (TPSA) is 69.2 Å². The van der Waals surface area contributed by atoms with Gasteiger partial charge in [0.25, 0.3) is 0 Å². The first kappa shape index (κ1) is 20.2. The Morgan fingerprint density at radius 3 is 2.55 bits per heavy atom. The summed E-state index contributed by atoms with van der Waals surface area (Å²) in [5.41, 5.74) is -1.11. The highest BCUT2D eigenvalue weighted by molar-refractivity contribution is 5.99. The molecule has 0 radical (unpaired) electrons. The maximum absolute atomic E-state index is 13.2. The largest absolute Gasteiger partial charge is 0.481 e. The van der Waals surface area contributed by atoms with Crippen LogP contribution < -0.4 is 5.32 Å². The summed E-state index contributed by atoms with van der Waals surface area (Å²) in [4.78, 5) is 18.1. The maximum atomic E-state index is 13.2. The van der Waals surface area contributed by atoms with Crippen molar-refractivity contribution >= 4 is 17.6 Å². The lowest BCUT2D eigenvalue weighted by Gasteiger charge is -2.49. The van der Waals surface area contributed by atoms with Crippen LogP contribution in [-0.4, -0.2) is 50.4 Å². The second-order valence-electron chi connectivity index (χ2n) is 9.53. The fourth-order valence-corrected chi connectivity index (χ4v) is 5.25. The number of hydrogen-bond donors (Lipinski definition) is 1. The van der Waals surface area contributed by atoms with Crippen molar-refractivity contribution < 1.29 is 19.0 Å². The number of rotatable bonds is 5. The van der Waals surface area contributed by atoms with Crippen LogP contribution in [0.15, 0.2) is 35.3 Å². The third-order valence-electron chi connectivity index (χ3n) is 7.87. The van der Waals surface area contributed by atoms with Crippen LogP contribution in [0.1, 0.15) is 40.0 Å². The molecule has 1 heterocycles. The first-order chi connectivity index (χ1) is 13.7. The first-order valence-electron chi connectivity index (χ1n) is 10.4. The minimum absolute atomic E-state index is 0.104. The summed E-state index contributed by atoms with van der Waals surface area (Å²) in [6.07, 6.45) is 2.27. The Kier molecular flexibility index (Phi) is 4.69. The molecular weight excluding hydrogens is 368 g/mol. The summed E-state index contributed by atoms with van der Waals surface area (Å²) < 4.78 is 17.6. The van der Waals surface area contributed by atoms with E-state index in [0.29, 0.717) is 31.9 Å². The molecule has 4 rings (SSSR count). The highest BCUT2D eigenvalue weighted by atomic mass is 16.6. The lowest BCUT2D eigenvalue weighted by molar-refractivity contribution is -0.174. The van der Waals surface area contributed by atoms with E-state index < -0.39 is 11.1 Å². The number of carbonyl (C=O) groups excluding carboxylic acids is 1. The van der Waals surface area contributed by atoms with Crippen molar-refractivity contribution in [3.8, 4) is 0 Å². The average molecular weight is 401 g/mol. The zero-order valence-corrected chi connectivity index (χ0v) is 18.1. The van der Waals surface area contributed by atoms with Gasteiger partial charge in [0.1, 0.15) is 0 Å². The van der Waals surface area contributed by atoms with E-state index in [2.05, 4.69) is 26.1 Å². The number of ether oxygens (including phenoxy) is 3. The zero-order chi connectivity index (χ0) is 20.9. The molecule has 1 aliphatic heterocycles. The fourth-order valence-electron chi connectivity index (χ4n) is 5.25. The van der Waals surface area contributed by atoms with Crippen LogP contribution in [0.2, 0.25) is 0 Å². The number of hydrogen-bond acceptors (Lipinski definition) is 6. The predicted octanol–water partition coefficient (Wildman–Crippen LogP) is 3.67. The van der Waals surface area contributed by atoms with Crippen molar-refractivity contribution in [1.82, 2.24) is 0 Å². The summed E-state index contributed by atoms with van der Waals surface area (Å²) in [5, 5.41) is 3.40. The molecule has 2 fully saturated rings. The normalized spacial score (nSPS) is 37.3. The molecule has 2 aliphatic carbocycles. The van der Waals surface area contributed by atoms with E-state index >= 15 is 0 Å². The smallest absolute Gasteiger partial charge is 0.335 e. The van der Waals surface area contributed by atoms with E-state index in [1.807, 2.05) is 30.3 Å². The van der Waals surface area contributed by atoms with Crippen LogP contribution in [0.25, 0.3) is 0 Å². The molecule has 3 aliphatic rings. The van der Waals surface area contributed by atoms with Crippen molar-refractivity contribution in [2.75, 3.05) is 32.7 Å². The predicted molar refractivity (Wildman–Crippen MR) is 112 cm³/mol. The van der Waals surface area contributed by atoms with E-state index in [-0.39, 0.29) is 22.7 Å². The number of esters is 1. The number of aliphatic imine (C=N–C) groups is 1. The number of benzene rings is 1. The highest BCUT2D eigenvalue weighted by Crippen LogP contribution is 2.63. The van der Waals surface area contributed by atoms with Gasteiger partial charge in [0.15, 0.2) is 11.1 Å². The SMILES string of the molecule is COC[C@]1(C)CCC2(OC(=O)[C@@]3(C[C@H]3CNc3ccccc3)N=C2OC)C1(C)C. The molecule has 6 heteroatoms. The maximum Gasteiger partial charge on any atom is 0.335 e. The third kappa shape index (κ3) is 2.79. The molecule has 1 unspecified atom stereocenters. The standard InChI is InChI=1S/C23H32N2O4/c1-20(2)21(3,15-27-4)11-12-23(20)18(28-5)25-22(19(26)29-23)13-16(22)14-24-17-9-7-6-8-10-17/h6-10,16,24H,11-15H2,1-5H3/t16-,21-,22-,23?/m0/s1. The van der Waals surface area contributed by atoms with Gasteiger partial charge in [-0.15, -0.1) is 0 Å². The Labute approximate surface area is 173 Å². The highest BCUT2D eigenvalue weighted by Gasteiger charge is 2.73. The summed E-state index contributed by atoms with van der Waals surface area (Å²) in [6.45, 7) is 7.75. The summed E-state index contributed by atoms with van der Waals surface area (Å²) in [7, 11) is 3.35. The van der Waals surface area contributed by atoms with Crippen LogP contribution in [0.3, 0.4) is 0 Å². The van der Waals surface area contributed by atoms with Gasteiger partial charge < -0.3 is 19.5 Å². The van der Waals surface area contributed by atoms with E-state index in [1.165, 1.54) is 0 Å². The Morgan fingerprint density at radius 2 is 1.90 bits per heavy atom. The molecule has 158 valence electrons. The second-order valence-corrected chi connectivity index (χ2v) is 9.53. The van der Waals surface area contributed by atoms with Gasteiger partial charge in [-0.1, -0.05) is 39.0 Å². The summed E-state index contributed by atoms with van der Waals surface area (Å²) >= 11 is 0. The van der Waals surface area contributed by atoms with E-state index in [1.54, 1.807) is 14.2 Å². The zero-order valence-electron chi connectivity index (χ0n) is 18.1. The van der Waals surface area contributed by atoms with Crippen LogP contribution in [0.4, 0.5) is 5.69 Å². The van der Waals surface area contributed by atoms with Gasteiger partial charge in [0, 0.05) is 36.1 Å². The molecule has 0 bridgehead atoms. The molecule has 0 saturated heterocycles. The van der Waals surface area contributed by atoms with Crippen molar-refractivity contribution in [1.29, 1.82) is 0 Å². The lowest BCUT2D eigenvalue weighted by atomic mass is 9.63. The summed E-state index contributed by atoms with van der Waals surface area (Å²) in [6, 6.07) is 10.0. The Bertz CT molecular complexity index is 823. The van der Waals surface area contributed by atoms with Gasteiger partial charge in [-0.25, -0.2) is 9.79 Å². The first-order valence-corrected chi connectivity index (χ1v) is 10.4. The van der Waals surface area contributed by atoms with Gasteiger partial charge in [-0.2, -0.15) is 0 Å². The molecule has 1 N–H and O–H groups in total. The van der Waals surface area contributed by atoms with Crippen LogP contribution in [-0.2, 0) is 19.0 Å². The number of nitrogens with zero attached hydrogens (tertiary/aromatic N) is 1. The molecule has 6 nitrogen and oxygen atoms in total. The third-order valence-corrected chi connectivity index (χ3v) is 7.87. The molecule has 29 heavy (non-hydrogen) atoms. The molecule has 2 saturated carbocycles. The molecule has 0 amide bonds. The number of para-hydroxylation sites is 1. The molecule has 1 aromatic rings. The van der Waals surface area contributed by atoms with E-state index in [4.69, 9.17) is 19.2 Å². The van der Waals surface area contributed by atoms with Crippen LogP contribution in [0.5, 0.6) is 0 Å². The number of methoxy groups -OCH3 is 2. The fraction of sp³-hybridized carbons (Fsp3) is 0.652. The van der Waals surface area contributed by atoms with Gasteiger partial charge in [-0.3, -0.25) is 0 Å². The minimum Gasteiger partial charge on any atom is -0.481 e. The second kappa shape index (κ2) is 6.73. The number of carbonyl (C=O) groups is 1. The minimum atomic E-state index is -0.836. The number of anilines is 1. The van der Waals surface area contributed by atoms with Gasteiger partial charge in [0.05, 0.1) is 13.7 Å².